The molecule has 1 aromatic carbocycles. The lowest BCUT2D eigenvalue weighted by atomic mass is 9.99. The molecule has 0 bridgehead atoms. The number of ketones is 1. The van der Waals surface area contributed by atoms with Gasteiger partial charge in [-0.3, -0.25) is 9.80 Å². The number of Topliss-reactive ketones (excluding diaryl/α,β-unsaturated/α-hetero) is 1. The van der Waals surface area contributed by atoms with Gasteiger partial charge in [-0.2, -0.15) is 5.26 Å². The number of carbonyl (C=O) groups excluding carboxylic acids is 2. The van der Waals surface area contributed by atoms with E-state index in [-0.39, 0.29) is 24.0 Å². The van der Waals surface area contributed by atoms with Crippen LogP contribution in [0.3, 0.4) is 0 Å². The van der Waals surface area contributed by atoms with Gasteiger partial charge >= 0.3 is 6.09 Å². The molecule has 1 aliphatic rings. The van der Waals surface area contributed by atoms with Crippen LogP contribution in [0, 0.1) is 17.2 Å². The molecule has 40 heavy (non-hydrogen) atoms. The van der Waals surface area contributed by atoms with Crippen molar-refractivity contribution in [1.82, 2.24) is 15.3 Å². The van der Waals surface area contributed by atoms with Crippen LogP contribution in [0.15, 0.2) is 42.6 Å². The van der Waals surface area contributed by atoms with Gasteiger partial charge in [0.2, 0.25) is 0 Å². The monoisotopic (exact) mass is 554 g/mol. The second kappa shape index (κ2) is 19.0. The number of nitriles is 1. The fraction of sp³-hybridized carbons (Fsp3) is 0.606. The van der Waals surface area contributed by atoms with Crippen molar-refractivity contribution >= 4 is 17.6 Å². The number of nitrogens with one attached hydrogen (secondary N) is 1. The van der Waals surface area contributed by atoms with Crippen LogP contribution in [-0.4, -0.2) is 46.6 Å². The molecule has 2 rings (SSSR count). The zero-order valence-corrected chi connectivity index (χ0v) is 26.9. The van der Waals surface area contributed by atoms with Crippen LogP contribution in [0.2, 0.25) is 0 Å². The summed E-state index contributed by atoms with van der Waals surface area (Å²) in [5.41, 5.74) is 2.15. The summed E-state index contributed by atoms with van der Waals surface area (Å²) in [6.07, 6.45) is 11.1. The average Bonchev–Trinajstić information content (AvgIpc) is 3.24. The second-order valence-electron chi connectivity index (χ2n) is 10.9. The minimum absolute atomic E-state index is 0.102. The molecule has 224 valence electrons. The number of alkyl carbamates (subject to hydrolysis) is 1. The van der Waals surface area contributed by atoms with E-state index in [1.165, 1.54) is 19.3 Å². The zero-order chi connectivity index (χ0) is 30.9. The smallest absolute Gasteiger partial charge is 0.407 e. The van der Waals surface area contributed by atoms with Crippen molar-refractivity contribution in [2.75, 3.05) is 7.05 Å². The van der Waals surface area contributed by atoms with Gasteiger partial charge in [0.05, 0.1) is 17.3 Å². The van der Waals surface area contributed by atoms with Crippen LogP contribution in [0.25, 0.3) is 5.70 Å². The van der Waals surface area contributed by atoms with Crippen molar-refractivity contribution in [2.45, 2.75) is 119 Å². The van der Waals surface area contributed by atoms with E-state index in [4.69, 9.17) is 10.00 Å². The largest absolute Gasteiger partial charge is 0.444 e. The number of carbonyl (C=O) groups is 2. The summed E-state index contributed by atoms with van der Waals surface area (Å²) < 4.78 is 5.27. The van der Waals surface area contributed by atoms with Gasteiger partial charge in [0.25, 0.3) is 0 Å². The SMILES string of the molecule is C/C=C/N1C(c2ccc(C#N)cc2)=CC(C(C)=O)N1C.CC.CCC(C)CCCC(CC)NC(=O)OC(C)(C)C. The van der Waals surface area contributed by atoms with E-state index in [1.54, 1.807) is 19.1 Å². The van der Waals surface area contributed by atoms with Crippen molar-refractivity contribution < 1.29 is 14.3 Å². The molecular formula is C33H54N4O3. The molecule has 1 heterocycles. The lowest BCUT2D eigenvalue weighted by Gasteiger charge is -2.28. The summed E-state index contributed by atoms with van der Waals surface area (Å²) in [5.74, 6) is 0.884. The summed E-state index contributed by atoms with van der Waals surface area (Å²) in [6.45, 7) is 19.8. The molecule has 0 spiro atoms. The number of likely N-dealkylation sites (N-methyl/N-ethyl adjacent to an activating group) is 1. The molecule has 0 aliphatic carbocycles. The minimum Gasteiger partial charge on any atom is -0.444 e. The second-order valence-corrected chi connectivity index (χ2v) is 10.9. The van der Waals surface area contributed by atoms with Gasteiger partial charge in [0.1, 0.15) is 11.6 Å². The van der Waals surface area contributed by atoms with Crippen molar-refractivity contribution in [3.8, 4) is 6.07 Å². The molecule has 7 nitrogen and oxygen atoms in total. The zero-order valence-electron chi connectivity index (χ0n) is 26.9. The first-order valence-corrected chi connectivity index (χ1v) is 14.7. The summed E-state index contributed by atoms with van der Waals surface area (Å²) in [6, 6.07) is 9.46. The molecule has 7 heteroatoms. The quantitative estimate of drug-likeness (QED) is 0.315. The highest BCUT2D eigenvalue weighted by Gasteiger charge is 2.31. The van der Waals surface area contributed by atoms with Crippen LogP contribution >= 0.6 is 0 Å². The summed E-state index contributed by atoms with van der Waals surface area (Å²) in [7, 11) is 1.89. The van der Waals surface area contributed by atoms with Crippen LogP contribution in [0.4, 0.5) is 4.79 Å². The van der Waals surface area contributed by atoms with E-state index in [2.05, 4.69) is 32.2 Å². The highest BCUT2D eigenvalue weighted by molar-refractivity contribution is 5.87. The molecule has 1 amide bonds. The first-order valence-electron chi connectivity index (χ1n) is 14.7. The summed E-state index contributed by atoms with van der Waals surface area (Å²) >= 11 is 0. The van der Waals surface area contributed by atoms with Crippen LogP contribution < -0.4 is 5.32 Å². The van der Waals surface area contributed by atoms with Gasteiger partial charge in [0.15, 0.2) is 5.78 Å². The Morgan fingerprint density at radius 3 is 2.17 bits per heavy atom. The molecule has 0 fully saturated rings. The van der Waals surface area contributed by atoms with Crippen molar-refractivity contribution in [2.24, 2.45) is 5.92 Å². The number of allylic oxidation sites excluding steroid dienone is 1. The van der Waals surface area contributed by atoms with E-state index in [0.717, 1.165) is 30.0 Å². The van der Waals surface area contributed by atoms with Gasteiger partial charge in [0, 0.05) is 19.3 Å². The van der Waals surface area contributed by atoms with Crippen molar-refractivity contribution in [3.63, 3.8) is 0 Å². The number of hydrazine groups is 1. The van der Waals surface area contributed by atoms with Crippen LogP contribution in [0.1, 0.15) is 112 Å². The highest BCUT2D eigenvalue weighted by atomic mass is 16.6. The Bertz CT molecular complexity index is 986. The predicted octanol–water partition coefficient (Wildman–Crippen LogP) is 8.09. The Labute approximate surface area is 244 Å². The van der Waals surface area contributed by atoms with Crippen molar-refractivity contribution in [1.29, 1.82) is 5.26 Å². The third-order valence-corrected chi connectivity index (χ3v) is 6.48. The minimum atomic E-state index is -0.418. The number of rotatable bonds is 10. The molecule has 1 aliphatic heterocycles. The number of benzene rings is 1. The lowest BCUT2D eigenvalue weighted by Crippen LogP contribution is -2.39. The Morgan fingerprint density at radius 1 is 1.12 bits per heavy atom. The first-order chi connectivity index (χ1) is 18.9. The molecule has 1 N–H and O–H groups in total. The molecular weight excluding hydrogens is 500 g/mol. The first kappa shape index (κ1) is 36.9. The van der Waals surface area contributed by atoms with Gasteiger partial charge in [-0.1, -0.05) is 72.1 Å². The fourth-order valence-electron chi connectivity index (χ4n) is 4.06. The van der Waals surface area contributed by atoms with Gasteiger partial charge in [-0.05, 0) is 77.2 Å². The standard InChI is InChI=1S/C16H17N3O.C15H31NO2.C2H6/c1-4-9-19-16(10-15(12(2)20)18(19)3)14-7-5-13(11-17)6-8-14;1-7-12(3)10-9-11-13(8-2)16-14(17)18-15(4,5)6;1-2/h4-10,15H,1-3H3;12-13H,7-11H2,1-6H3,(H,16,17);1-2H3/b9-4+;;. The number of hydrogen-bond acceptors (Lipinski definition) is 6. The maximum Gasteiger partial charge on any atom is 0.407 e. The molecule has 3 atom stereocenters. The van der Waals surface area contributed by atoms with Gasteiger partial charge in [-0.15, -0.1) is 0 Å². The average molecular weight is 555 g/mol. The van der Waals surface area contributed by atoms with Gasteiger partial charge < -0.3 is 10.1 Å². The third kappa shape index (κ3) is 13.3. The molecule has 3 unspecified atom stereocenters. The predicted molar refractivity (Wildman–Crippen MR) is 166 cm³/mol. The molecule has 0 saturated heterocycles. The van der Waals surface area contributed by atoms with Gasteiger partial charge in [-0.25, -0.2) is 9.80 Å². The number of ether oxygens (including phenoxy) is 1. The van der Waals surface area contributed by atoms with Crippen LogP contribution in [0.5, 0.6) is 0 Å². The maximum atomic E-state index is 11.7. The normalized spacial score (nSPS) is 16.5. The highest BCUT2D eigenvalue weighted by Crippen LogP contribution is 2.30. The number of amides is 1. The summed E-state index contributed by atoms with van der Waals surface area (Å²) in [4.78, 5) is 23.4. The Kier molecular flexibility index (Phi) is 17.6. The lowest BCUT2D eigenvalue weighted by molar-refractivity contribution is -0.122. The number of hydrogen-bond donors (Lipinski definition) is 1. The molecule has 1 aromatic rings. The fourth-order valence-corrected chi connectivity index (χ4v) is 4.06. The molecule has 0 aromatic heterocycles. The van der Waals surface area contributed by atoms with E-state index >= 15 is 0 Å². The number of nitrogens with zero attached hydrogens (tertiary/aromatic N) is 3. The third-order valence-electron chi connectivity index (χ3n) is 6.48. The topological polar surface area (TPSA) is 85.7 Å². The molecule has 0 radical (unpaired) electrons. The maximum absolute atomic E-state index is 11.7. The Hall–Kier alpha value is -3.11. The van der Waals surface area contributed by atoms with E-state index in [1.807, 2.05) is 89.1 Å². The van der Waals surface area contributed by atoms with Crippen LogP contribution in [-0.2, 0) is 9.53 Å². The summed E-state index contributed by atoms with van der Waals surface area (Å²) in [5, 5.41) is 15.7. The van der Waals surface area contributed by atoms with E-state index in [9.17, 15) is 9.59 Å². The Balaban J connectivity index is 0.000000721. The molecule has 0 saturated carbocycles. The van der Waals surface area contributed by atoms with Crippen molar-refractivity contribution in [3.05, 3.63) is 53.7 Å². The Morgan fingerprint density at radius 2 is 1.73 bits per heavy atom. The van der Waals surface area contributed by atoms with E-state index in [0.29, 0.717) is 5.56 Å². The van der Waals surface area contributed by atoms with E-state index < -0.39 is 5.60 Å².